The number of halogens is 2. The first-order chi connectivity index (χ1) is 9.75. The smallest absolute Gasteiger partial charge is 0.331 e. The standard InChI is InChI=1S/C13H16F2N2O4/c1-4-5-13(2,12(18)21-3)16-10-7-8(14)6-9(15)11(10)17(19)20/h6-7,16H,4-5H2,1-3H3. The van der Waals surface area contributed by atoms with Gasteiger partial charge in [-0.2, -0.15) is 4.39 Å². The van der Waals surface area contributed by atoms with Gasteiger partial charge in [-0.05, 0) is 13.3 Å². The lowest BCUT2D eigenvalue weighted by atomic mass is 9.95. The summed E-state index contributed by atoms with van der Waals surface area (Å²) in [7, 11) is 1.17. The first kappa shape index (κ1) is 16.8. The third kappa shape index (κ3) is 3.65. The fraction of sp³-hybridized carbons (Fsp3) is 0.462. The minimum Gasteiger partial charge on any atom is -0.467 e. The lowest BCUT2D eigenvalue weighted by Crippen LogP contribution is -2.44. The fourth-order valence-corrected chi connectivity index (χ4v) is 2.08. The van der Waals surface area contributed by atoms with Gasteiger partial charge in [-0.3, -0.25) is 10.1 Å². The number of benzene rings is 1. The average Bonchev–Trinajstić information content (AvgIpc) is 2.36. The number of nitrogens with one attached hydrogen (secondary N) is 1. The monoisotopic (exact) mass is 302 g/mol. The van der Waals surface area contributed by atoms with Gasteiger partial charge < -0.3 is 10.1 Å². The second-order valence-electron chi connectivity index (χ2n) is 4.74. The van der Waals surface area contributed by atoms with E-state index in [0.29, 0.717) is 12.5 Å². The van der Waals surface area contributed by atoms with E-state index in [2.05, 4.69) is 10.1 Å². The molecule has 0 radical (unpaired) electrons. The molecule has 0 saturated heterocycles. The quantitative estimate of drug-likeness (QED) is 0.496. The second-order valence-corrected chi connectivity index (χ2v) is 4.74. The number of nitrogens with zero attached hydrogens (tertiary/aromatic N) is 1. The lowest BCUT2D eigenvalue weighted by molar-refractivity contribution is -0.386. The highest BCUT2D eigenvalue weighted by Crippen LogP contribution is 2.32. The molecule has 0 aliphatic rings. The second kappa shape index (κ2) is 6.47. The van der Waals surface area contributed by atoms with Crippen LogP contribution in [0, 0.1) is 21.7 Å². The number of hydrogen-bond acceptors (Lipinski definition) is 5. The highest BCUT2D eigenvalue weighted by Gasteiger charge is 2.36. The summed E-state index contributed by atoms with van der Waals surface area (Å²) in [6, 6.07) is 1.19. The normalized spacial score (nSPS) is 13.4. The first-order valence-corrected chi connectivity index (χ1v) is 6.25. The predicted molar refractivity (Wildman–Crippen MR) is 72.0 cm³/mol. The van der Waals surface area contributed by atoms with Crippen molar-refractivity contribution in [1.29, 1.82) is 0 Å². The van der Waals surface area contributed by atoms with E-state index in [1.807, 2.05) is 0 Å². The number of rotatable bonds is 6. The van der Waals surface area contributed by atoms with Crippen LogP contribution in [0.1, 0.15) is 26.7 Å². The van der Waals surface area contributed by atoms with Crippen molar-refractivity contribution in [2.24, 2.45) is 0 Å². The molecule has 1 aromatic carbocycles. The highest BCUT2D eigenvalue weighted by molar-refractivity contribution is 5.85. The Hall–Kier alpha value is -2.25. The summed E-state index contributed by atoms with van der Waals surface area (Å²) < 4.78 is 31.5. The molecule has 0 heterocycles. The maximum atomic E-state index is 13.6. The van der Waals surface area contributed by atoms with Crippen molar-refractivity contribution in [1.82, 2.24) is 0 Å². The van der Waals surface area contributed by atoms with Crippen LogP contribution in [0.3, 0.4) is 0 Å². The zero-order chi connectivity index (χ0) is 16.2. The molecule has 8 heteroatoms. The largest absolute Gasteiger partial charge is 0.467 e. The van der Waals surface area contributed by atoms with Crippen LogP contribution in [-0.4, -0.2) is 23.5 Å². The van der Waals surface area contributed by atoms with Crippen molar-refractivity contribution in [2.45, 2.75) is 32.2 Å². The van der Waals surface area contributed by atoms with Gasteiger partial charge in [0.2, 0.25) is 5.82 Å². The molecular weight excluding hydrogens is 286 g/mol. The van der Waals surface area contributed by atoms with Gasteiger partial charge in [0, 0.05) is 12.1 Å². The average molecular weight is 302 g/mol. The number of nitro benzene ring substituents is 1. The van der Waals surface area contributed by atoms with Crippen LogP contribution in [0.5, 0.6) is 0 Å². The third-order valence-electron chi connectivity index (χ3n) is 3.01. The molecule has 6 nitrogen and oxygen atoms in total. The van der Waals surface area contributed by atoms with E-state index >= 15 is 0 Å². The number of esters is 1. The topological polar surface area (TPSA) is 81.5 Å². The molecule has 1 N–H and O–H groups in total. The summed E-state index contributed by atoms with van der Waals surface area (Å²) in [6.45, 7) is 3.25. The Morgan fingerprint density at radius 3 is 2.57 bits per heavy atom. The summed E-state index contributed by atoms with van der Waals surface area (Å²) in [5.41, 5.74) is -2.64. The SMILES string of the molecule is CCCC(C)(Nc1cc(F)cc(F)c1[N+](=O)[O-])C(=O)OC. The number of hydrogen-bond donors (Lipinski definition) is 1. The van der Waals surface area contributed by atoms with E-state index in [1.165, 1.54) is 14.0 Å². The number of methoxy groups -OCH3 is 1. The summed E-state index contributed by atoms with van der Waals surface area (Å²) in [6.07, 6.45) is 0.832. The van der Waals surface area contributed by atoms with Crippen LogP contribution >= 0.6 is 0 Å². The molecule has 21 heavy (non-hydrogen) atoms. The van der Waals surface area contributed by atoms with E-state index in [0.717, 1.165) is 6.07 Å². The molecule has 1 rings (SSSR count). The summed E-state index contributed by atoms with van der Waals surface area (Å²) in [5.74, 6) is -2.97. The zero-order valence-corrected chi connectivity index (χ0v) is 11.9. The molecule has 0 bridgehead atoms. The van der Waals surface area contributed by atoms with Gasteiger partial charge in [0.25, 0.3) is 0 Å². The van der Waals surface area contributed by atoms with E-state index in [9.17, 15) is 23.7 Å². The molecular formula is C13H16F2N2O4. The van der Waals surface area contributed by atoms with Crippen molar-refractivity contribution in [2.75, 3.05) is 12.4 Å². The minimum absolute atomic E-state index is 0.273. The Balaban J connectivity index is 3.32. The first-order valence-electron chi connectivity index (χ1n) is 6.25. The Morgan fingerprint density at radius 2 is 2.10 bits per heavy atom. The number of nitro groups is 1. The summed E-state index contributed by atoms with van der Waals surface area (Å²) in [5, 5.41) is 13.5. The number of carbonyl (C=O) groups is 1. The minimum atomic E-state index is -1.32. The maximum Gasteiger partial charge on any atom is 0.331 e. The van der Waals surface area contributed by atoms with Crippen molar-refractivity contribution in [3.63, 3.8) is 0 Å². The number of ether oxygens (including phenoxy) is 1. The van der Waals surface area contributed by atoms with Crippen molar-refractivity contribution in [3.05, 3.63) is 33.9 Å². The van der Waals surface area contributed by atoms with E-state index < -0.39 is 39.4 Å². The molecule has 0 aliphatic carbocycles. The number of carbonyl (C=O) groups excluding carboxylic acids is 1. The molecule has 0 amide bonds. The van der Waals surface area contributed by atoms with Crippen LogP contribution in [0.15, 0.2) is 12.1 Å². The summed E-state index contributed by atoms with van der Waals surface area (Å²) in [4.78, 5) is 21.8. The van der Waals surface area contributed by atoms with Crippen LogP contribution in [-0.2, 0) is 9.53 Å². The maximum absolute atomic E-state index is 13.6. The van der Waals surface area contributed by atoms with Gasteiger partial charge in [0.1, 0.15) is 17.0 Å². The Labute approximate surface area is 120 Å². The summed E-state index contributed by atoms with van der Waals surface area (Å²) >= 11 is 0. The van der Waals surface area contributed by atoms with Gasteiger partial charge >= 0.3 is 11.7 Å². The predicted octanol–water partition coefficient (Wildman–Crippen LogP) is 3.02. The Kier molecular flexibility index (Phi) is 5.17. The van der Waals surface area contributed by atoms with Crippen molar-refractivity contribution in [3.8, 4) is 0 Å². The molecule has 1 unspecified atom stereocenters. The molecule has 1 atom stereocenters. The van der Waals surface area contributed by atoms with Crippen molar-refractivity contribution >= 4 is 17.3 Å². The van der Waals surface area contributed by atoms with Crippen LogP contribution in [0.25, 0.3) is 0 Å². The van der Waals surface area contributed by atoms with Crippen LogP contribution in [0.2, 0.25) is 0 Å². The molecule has 1 aromatic rings. The fourth-order valence-electron chi connectivity index (χ4n) is 2.08. The highest BCUT2D eigenvalue weighted by atomic mass is 19.1. The van der Waals surface area contributed by atoms with Gasteiger partial charge in [-0.1, -0.05) is 13.3 Å². The van der Waals surface area contributed by atoms with Gasteiger partial charge in [-0.25, -0.2) is 9.18 Å². The van der Waals surface area contributed by atoms with E-state index in [-0.39, 0.29) is 6.42 Å². The van der Waals surface area contributed by atoms with Gasteiger partial charge in [0.15, 0.2) is 0 Å². The molecule has 0 aliphatic heterocycles. The van der Waals surface area contributed by atoms with E-state index in [1.54, 1.807) is 6.92 Å². The van der Waals surface area contributed by atoms with Gasteiger partial charge in [-0.15, -0.1) is 0 Å². The zero-order valence-electron chi connectivity index (χ0n) is 11.9. The van der Waals surface area contributed by atoms with Crippen LogP contribution in [0.4, 0.5) is 20.2 Å². The Bertz CT molecular complexity index is 565. The lowest BCUT2D eigenvalue weighted by Gasteiger charge is -2.28. The molecule has 0 spiro atoms. The van der Waals surface area contributed by atoms with Gasteiger partial charge in [0.05, 0.1) is 12.0 Å². The van der Waals surface area contributed by atoms with Crippen LogP contribution < -0.4 is 5.32 Å². The number of anilines is 1. The van der Waals surface area contributed by atoms with Crippen molar-refractivity contribution < 1.29 is 23.2 Å². The Morgan fingerprint density at radius 1 is 1.48 bits per heavy atom. The molecule has 116 valence electrons. The molecule has 0 saturated carbocycles. The molecule has 0 fully saturated rings. The molecule has 0 aromatic heterocycles. The third-order valence-corrected chi connectivity index (χ3v) is 3.01. The van der Waals surface area contributed by atoms with E-state index in [4.69, 9.17) is 0 Å².